The van der Waals surface area contributed by atoms with E-state index in [1.54, 1.807) is 42.3 Å². The van der Waals surface area contributed by atoms with Crippen molar-refractivity contribution in [1.82, 2.24) is 25.4 Å². The first-order valence-corrected chi connectivity index (χ1v) is 11.8. The molecular formula is C24H28ClN7O4. The third-order valence-electron chi connectivity index (χ3n) is 5.55. The lowest BCUT2D eigenvalue weighted by molar-refractivity contribution is -0.115. The Morgan fingerprint density at radius 1 is 1.31 bits per heavy atom. The molecule has 4 rings (SSSR count). The molecule has 0 aliphatic carbocycles. The summed E-state index contributed by atoms with van der Waals surface area (Å²) in [4.78, 5) is 30.5. The zero-order chi connectivity index (χ0) is 25.5. The van der Waals surface area contributed by atoms with Crippen LogP contribution in [0.2, 0.25) is 5.02 Å². The average molecular weight is 514 g/mol. The van der Waals surface area contributed by atoms with Crippen molar-refractivity contribution in [2.75, 3.05) is 50.9 Å². The first-order chi connectivity index (χ1) is 17.4. The summed E-state index contributed by atoms with van der Waals surface area (Å²) in [5.41, 5.74) is 8.17. The Hall–Kier alpha value is -3.67. The Labute approximate surface area is 213 Å². The minimum Gasteiger partial charge on any atom is -0.491 e. The highest BCUT2D eigenvalue weighted by Gasteiger charge is 2.28. The smallest absolute Gasteiger partial charge is 0.255 e. The first kappa shape index (κ1) is 25.4. The van der Waals surface area contributed by atoms with Gasteiger partial charge in [-0.2, -0.15) is 5.10 Å². The number of anilines is 2. The number of ether oxygens (including phenoxy) is 2. The number of nitrogens with two attached hydrogens (primary N) is 1. The van der Waals surface area contributed by atoms with E-state index in [-0.39, 0.29) is 24.5 Å². The maximum Gasteiger partial charge on any atom is 0.255 e. The highest BCUT2D eigenvalue weighted by Crippen LogP contribution is 2.28. The van der Waals surface area contributed by atoms with Gasteiger partial charge in [-0.05, 0) is 43.4 Å². The molecular weight excluding hydrogens is 486 g/mol. The molecule has 0 saturated carbocycles. The highest BCUT2D eigenvalue weighted by atomic mass is 35.5. The van der Waals surface area contributed by atoms with Crippen LogP contribution in [0.4, 0.5) is 11.5 Å². The van der Waals surface area contributed by atoms with Crippen molar-refractivity contribution in [3.63, 3.8) is 0 Å². The number of rotatable bonds is 9. The largest absolute Gasteiger partial charge is 0.491 e. The second-order valence-corrected chi connectivity index (χ2v) is 8.65. The van der Waals surface area contributed by atoms with Gasteiger partial charge in [0.2, 0.25) is 5.91 Å². The number of hydrogen-bond donors (Lipinski definition) is 4. The number of likely N-dealkylation sites (N-methyl/N-ethyl adjacent to an activating group) is 1. The van der Waals surface area contributed by atoms with E-state index in [0.717, 1.165) is 5.69 Å². The van der Waals surface area contributed by atoms with Gasteiger partial charge in [-0.3, -0.25) is 14.7 Å². The minimum atomic E-state index is -0.347. The van der Waals surface area contributed by atoms with Crippen LogP contribution in [0.5, 0.6) is 5.75 Å². The summed E-state index contributed by atoms with van der Waals surface area (Å²) in [5.74, 6) is 0.562. The fourth-order valence-corrected chi connectivity index (χ4v) is 3.92. The fourth-order valence-electron chi connectivity index (χ4n) is 3.75. The normalized spacial score (nSPS) is 15.5. The predicted molar refractivity (Wildman–Crippen MR) is 135 cm³/mol. The molecule has 1 atom stereocenters. The molecule has 36 heavy (non-hydrogen) atoms. The van der Waals surface area contributed by atoms with Crippen LogP contribution in [-0.2, 0) is 16.0 Å². The van der Waals surface area contributed by atoms with Gasteiger partial charge in [-0.1, -0.05) is 11.6 Å². The SMILES string of the molecule is CNCC(=O)Nc1cc(Cl)ccc1OCCc1cc(C2CN(C(=O)c3ccc(N)nc3)CCO2)n[nH]1. The molecule has 11 nitrogen and oxygen atoms in total. The molecule has 0 spiro atoms. The van der Waals surface area contributed by atoms with Gasteiger partial charge >= 0.3 is 0 Å². The number of carbonyl (C=O) groups excluding carboxylic acids is 2. The van der Waals surface area contributed by atoms with E-state index in [9.17, 15) is 9.59 Å². The van der Waals surface area contributed by atoms with Gasteiger partial charge in [0.15, 0.2) is 0 Å². The van der Waals surface area contributed by atoms with Crippen molar-refractivity contribution >= 4 is 34.9 Å². The molecule has 1 aliphatic heterocycles. The number of amides is 2. The van der Waals surface area contributed by atoms with Gasteiger partial charge in [-0.15, -0.1) is 0 Å². The number of nitrogens with zero attached hydrogens (tertiary/aromatic N) is 3. The van der Waals surface area contributed by atoms with Gasteiger partial charge in [0, 0.05) is 29.9 Å². The molecule has 1 fully saturated rings. The van der Waals surface area contributed by atoms with Crippen molar-refractivity contribution in [2.45, 2.75) is 12.5 Å². The molecule has 1 unspecified atom stereocenters. The van der Waals surface area contributed by atoms with E-state index in [1.807, 2.05) is 6.07 Å². The quantitative estimate of drug-likeness (QED) is 0.340. The third kappa shape index (κ3) is 6.51. The number of pyridine rings is 1. The number of aromatic amines is 1. The molecule has 2 amide bonds. The molecule has 12 heteroatoms. The first-order valence-electron chi connectivity index (χ1n) is 11.5. The van der Waals surface area contributed by atoms with Gasteiger partial charge in [0.25, 0.3) is 5.91 Å². The summed E-state index contributed by atoms with van der Waals surface area (Å²) in [7, 11) is 1.69. The van der Waals surface area contributed by atoms with Crippen molar-refractivity contribution in [2.24, 2.45) is 0 Å². The summed E-state index contributed by atoms with van der Waals surface area (Å²) in [6, 6.07) is 10.2. The monoisotopic (exact) mass is 513 g/mol. The van der Waals surface area contributed by atoms with Crippen LogP contribution in [0.15, 0.2) is 42.6 Å². The Bertz CT molecular complexity index is 1200. The van der Waals surface area contributed by atoms with Crippen molar-refractivity contribution in [3.05, 3.63) is 64.6 Å². The maximum atomic E-state index is 12.8. The Morgan fingerprint density at radius 3 is 2.94 bits per heavy atom. The Morgan fingerprint density at radius 2 is 2.17 bits per heavy atom. The summed E-state index contributed by atoms with van der Waals surface area (Å²) in [6.07, 6.45) is 1.68. The van der Waals surface area contributed by atoms with Gasteiger partial charge in [-0.25, -0.2) is 4.98 Å². The number of nitrogen functional groups attached to an aromatic ring is 1. The molecule has 1 aromatic carbocycles. The van der Waals surface area contributed by atoms with E-state index in [2.05, 4.69) is 25.8 Å². The van der Waals surface area contributed by atoms with Crippen LogP contribution in [0.25, 0.3) is 0 Å². The van der Waals surface area contributed by atoms with Crippen LogP contribution in [0.3, 0.4) is 0 Å². The molecule has 3 heterocycles. The van der Waals surface area contributed by atoms with E-state index < -0.39 is 0 Å². The zero-order valence-electron chi connectivity index (χ0n) is 19.8. The molecule has 1 saturated heterocycles. The number of nitrogens with one attached hydrogen (secondary N) is 3. The number of carbonyl (C=O) groups is 2. The zero-order valence-corrected chi connectivity index (χ0v) is 20.5. The van der Waals surface area contributed by atoms with Crippen molar-refractivity contribution in [3.8, 4) is 5.75 Å². The minimum absolute atomic E-state index is 0.125. The second kappa shape index (κ2) is 11.8. The van der Waals surface area contributed by atoms with Crippen LogP contribution in [0, 0.1) is 0 Å². The molecule has 0 bridgehead atoms. The van der Waals surface area contributed by atoms with Gasteiger partial charge in [0.05, 0.1) is 43.2 Å². The van der Waals surface area contributed by atoms with E-state index in [4.69, 9.17) is 26.8 Å². The maximum absolute atomic E-state index is 12.8. The Kier molecular flexibility index (Phi) is 8.36. The number of morpholine rings is 1. The summed E-state index contributed by atoms with van der Waals surface area (Å²) in [6.45, 7) is 1.79. The summed E-state index contributed by atoms with van der Waals surface area (Å²) < 4.78 is 11.8. The second-order valence-electron chi connectivity index (χ2n) is 8.22. The molecule has 190 valence electrons. The lowest BCUT2D eigenvalue weighted by atomic mass is 10.1. The number of H-pyrrole nitrogens is 1. The number of halogens is 1. The van der Waals surface area contributed by atoms with Crippen LogP contribution >= 0.6 is 11.6 Å². The van der Waals surface area contributed by atoms with Crippen LogP contribution in [-0.4, -0.2) is 71.8 Å². The Balaban J connectivity index is 1.33. The van der Waals surface area contributed by atoms with Gasteiger partial charge < -0.3 is 30.7 Å². The molecule has 3 aromatic rings. The highest BCUT2D eigenvalue weighted by molar-refractivity contribution is 6.31. The standard InChI is InChI=1S/C24H28ClN7O4/c1-27-13-23(33)29-18-10-16(25)3-4-20(18)35-8-6-17-11-19(31-30-17)21-14-32(7-9-36-21)24(34)15-2-5-22(26)28-12-15/h2-5,10-12,21,27H,6-9,13-14H2,1H3,(H2,26,28)(H,29,33)(H,30,31). The number of benzene rings is 1. The van der Waals surface area contributed by atoms with Crippen LogP contribution < -0.4 is 21.1 Å². The predicted octanol–water partition coefficient (Wildman–Crippen LogP) is 2.03. The lowest BCUT2D eigenvalue weighted by Crippen LogP contribution is -2.42. The third-order valence-corrected chi connectivity index (χ3v) is 5.78. The molecule has 0 radical (unpaired) electrons. The molecule has 2 aromatic heterocycles. The lowest BCUT2D eigenvalue weighted by Gasteiger charge is -2.32. The number of aromatic nitrogens is 3. The van der Waals surface area contributed by atoms with E-state index >= 15 is 0 Å². The van der Waals surface area contributed by atoms with Crippen molar-refractivity contribution in [1.29, 1.82) is 0 Å². The topological polar surface area (TPSA) is 147 Å². The number of hydrogen-bond acceptors (Lipinski definition) is 8. The van der Waals surface area contributed by atoms with Gasteiger partial charge in [0.1, 0.15) is 17.7 Å². The molecule has 5 N–H and O–H groups in total. The van der Waals surface area contributed by atoms with E-state index in [0.29, 0.717) is 66.3 Å². The van der Waals surface area contributed by atoms with Crippen molar-refractivity contribution < 1.29 is 19.1 Å². The fraction of sp³-hybridized carbons (Fsp3) is 0.333. The summed E-state index contributed by atoms with van der Waals surface area (Å²) >= 11 is 6.07. The molecule has 1 aliphatic rings. The average Bonchev–Trinajstić information content (AvgIpc) is 3.35. The van der Waals surface area contributed by atoms with E-state index in [1.165, 1.54) is 6.20 Å². The van der Waals surface area contributed by atoms with Crippen LogP contribution in [0.1, 0.15) is 27.8 Å². The summed E-state index contributed by atoms with van der Waals surface area (Å²) in [5, 5.41) is 13.5.